The second-order valence-corrected chi connectivity index (χ2v) is 10.2. The Hall–Kier alpha value is -3.71. The Morgan fingerprint density at radius 2 is 2.00 bits per heavy atom. The second kappa shape index (κ2) is 9.03. The Bertz CT molecular complexity index is 1320. The largest absolute Gasteiger partial charge is 0.444 e. The van der Waals surface area contributed by atoms with Crippen molar-refractivity contribution in [2.45, 2.75) is 37.8 Å². The normalized spacial score (nSPS) is 11.6. The van der Waals surface area contributed by atoms with E-state index in [1.165, 1.54) is 60.9 Å². The molecule has 0 unspecified atom stereocenters. The summed E-state index contributed by atoms with van der Waals surface area (Å²) in [5.41, 5.74) is -0.154. The maximum absolute atomic E-state index is 14.7. The van der Waals surface area contributed by atoms with Gasteiger partial charge in [-0.2, -0.15) is 5.26 Å². The van der Waals surface area contributed by atoms with Crippen molar-refractivity contribution in [2.24, 2.45) is 0 Å². The summed E-state index contributed by atoms with van der Waals surface area (Å²) in [7, 11) is -2.64. The average molecular weight is 471 g/mol. The Labute approximate surface area is 191 Å². The molecule has 0 aliphatic carbocycles. The molecule has 1 amide bonds. The third-order valence-corrected chi connectivity index (χ3v) is 6.19. The Morgan fingerprint density at radius 3 is 2.61 bits per heavy atom. The highest BCUT2D eigenvalue weighted by molar-refractivity contribution is 7.90. The minimum atomic E-state index is -4.15. The van der Waals surface area contributed by atoms with Crippen LogP contribution in [0.5, 0.6) is 0 Å². The molecule has 1 aromatic carbocycles. The summed E-state index contributed by atoms with van der Waals surface area (Å²) in [6, 6.07) is 9.93. The number of nitriles is 1. The first kappa shape index (κ1) is 23.9. The van der Waals surface area contributed by atoms with Crippen LogP contribution in [0.25, 0.3) is 11.3 Å². The van der Waals surface area contributed by atoms with Gasteiger partial charge in [-0.05, 0) is 62.7 Å². The van der Waals surface area contributed by atoms with Crippen molar-refractivity contribution >= 4 is 16.1 Å². The minimum Gasteiger partial charge on any atom is -0.444 e. The van der Waals surface area contributed by atoms with Crippen LogP contribution in [0.3, 0.4) is 0 Å². The highest BCUT2D eigenvalue weighted by Gasteiger charge is 2.25. The number of benzene rings is 1. The monoisotopic (exact) mass is 470 g/mol. The Balaban J connectivity index is 2.12. The number of carbonyl (C=O) groups is 1. The number of halogens is 1. The van der Waals surface area contributed by atoms with Crippen LogP contribution in [-0.4, -0.2) is 41.0 Å². The van der Waals surface area contributed by atoms with Crippen molar-refractivity contribution in [2.75, 3.05) is 7.05 Å². The van der Waals surface area contributed by atoms with Crippen molar-refractivity contribution in [1.29, 1.82) is 5.26 Å². The molecule has 0 saturated heterocycles. The van der Waals surface area contributed by atoms with E-state index in [0.717, 1.165) is 10.0 Å². The van der Waals surface area contributed by atoms with E-state index >= 15 is 0 Å². The van der Waals surface area contributed by atoms with Crippen molar-refractivity contribution in [3.05, 3.63) is 71.9 Å². The molecule has 8 nitrogen and oxygen atoms in total. The van der Waals surface area contributed by atoms with Gasteiger partial charge in [-0.1, -0.05) is 0 Å². The first-order valence-corrected chi connectivity index (χ1v) is 11.4. The lowest BCUT2D eigenvalue weighted by molar-refractivity contribution is 0.0285. The number of ether oxygens (including phenoxy) is 1. The van der Waals surface area contributed by atoms with Gasteiger partial charge in [0, 0.05) is 31.2 Å². The predicted octanol–water partition coefficient (Wildman–Crippen LogP) is 4.16. The SMILES string of the molecule is CN(Cc1cc(-c2cc(C#N)ccc2F)n(S(=O)(=O)c2cccnc2)c1)C(=O)OC(C)(C)C. The zero-order chi connectivity index (χ0) is 24.4. The second-order valence-electron chi connectivity index (χ2n) is 8.37. The lowest BCUT2D eigenvalue weighted by atomic mass is 10.1. The molecular weight excluding hydrogens is 447 g/mol. The van der Waals surface area contributed by atoms with Crippen LogP contribution in [0.4, 0.5) is 9.18 Å². The molecule has 0 aliphatic rings. The highest BCUT2D eigenvalue weighted by atomic mass is 32.2. The lowest BCUT2D eigenvalue weighted by Gasteiger charge is -2.24. The summed E-state index contributed by atoms with van der Waals surface area (Å²) in [5.74, 6) is -0.693. The highest BCUT2D eigenvalue weighted by Crippen LogP contribution is 2.30. The molecule has 33 heavy (non-hydrogen) atoms. The molecule has 172 valence electrons. The van der Waals surface area contributed by atoms with E-state index in [-0.39, 0.29) is 28.3 Å². The zero-order valence-electron chi connectivity index (χ0n) is 18.6. The number of amides is 1. The zero-order valence-corrected chi connectivity index (χ0v) is 19.4. The first-order valence-electron chi connectivity index (χ1n) is 9.93. The molecule has 0 spiro atoms. The number of aromatic nitrogens is 2. The Kier molecular flexibility index (Phi) is 6.56. The van der Waals surface area contributed by atoms with E-state index < -0.39 is 27.5 Å². The van der Waals surface area contributed by atoms with E-state index in [1.54, 1.807) is 20.8 Å². The summed E-state index contributed by atoms with van der Waals surface area (Å²) in [6.45, 7) is 5.22. The quantitative estimate of drug-likeness (QED) is 0.554. The van der Waals surface area contributed by atoms with Crippen molar-refractivity contribution in [3.8, 4) is 17.3 Å². The van der Waals surface area contributed by atoms with Crippen molar-refractivity contribution in [1.82, 2.24) is 13.9 Å². The first-order chi connectivity index (χ1) is 15.4. The molecule has 3 rings (SSSR count). The van der Waals surface area contributed by atoms with Crippen LogP contribution < -0.4 is 0 Å². The van der Waals surface area contributed by atoms with Crippen LogP contribution in [0.1, 0.15) is 31.9 Å². The van der Waals surface area contributed by atoms with E-state index in [0.29, 0.717) is 5.56 Å². The maximum atomic E-state index is 14.7. The van der Waals surface area contributed by atoms with Crippen LogP contribution >= 0.6 is 0 Å². The van der Waals surface area contributed by atoms with Gasteiger partial charge in [-0.15, -0.1) is 0 Å². The van der Waals surface area contributed by atoms with E-state index in [9.17, 15) is 22.9 Å². The van der Waals surface area contributed by atoms with Crippen LogP contribution in [0, 0.1) is 17.1 Å². The van der Waals surface area contributed by atoms with Gasteiger partial charge in [0.25, 0.3) is 10.0 Å². The van der Waals surface area contributed by atoms with Crippen LogP contribution in [0.2, 0.25) is 0 Å². The van der Waals surface area contributed by atoms with Gasteiger partial charge >= 0.3 is 6.09 Å². The number of hydrogen-bond acceptors (Lipinski definition) is 6. The standard InChI is InChI=1S/C23H23FN4O4S/c1-23(2,3)32-22(29)27(4)14-17-11-21(19-10-16(12-25)7-8-20(19)24)28(15-17)33(30,31)18-6-5-9-26-13-18/h5-11,13,15H,14H2,1-4H3. The molecule has 0 radical (unpaired) electrons. The molecule has 10 heteroatoms. The maximum Gasteiger partial charge on any atom is 0.410 e. The molecule has 2 heterocycles. The molecule has 0 atom stereocenters. The molecule has 0 fully saturated rings. The fourth-order valence-electron chi connectivity index (χ4n) is 3.06. The van der Waals surface area contributed by atoms with Gasteiger partial charge in [0.1, 0.15) is 16.3 Å². The lowest BCUT2D eigenvalue weighted by Crippen LogP contribution is -2.33. The number of pyridine rings is 1. The third-order valence-electron chi connectivity index (χ3n) is 4.53. The molecule has 3 aromatic rings. The van der Waals surface area contributed by atoms with E-state index in [2.05, 4.69) is 4.98 Å². The smallest absolute Gasteiger partial charge is 0.410 e. The van der Waals surface area contributed by atoms with Crippen molar-refractivity contribution < 1.29 is 22.3 Å². The molecular formula is C23H23FN4O4S. The van der Waals surface area contributed by atoms with E-state index in [4.69, 9.17) is 4.74 Å². The van der Waals surface area contributed by atoms with Gasteiger partial charge in [-0.25, -0.2) is 21.6 Å². The van der Waals surface area contributed by atoms with E-state index in [1.807, 2.05) is 6.07 Å². The summed E-state index contributed by atoms with van der Waals surface area (Å²) < 4.78 is 47.7. The average Bonchev–Trinajstić information content (AvgIpc) is 3.18. The number of carbonyl (C=O) groups excluding carboxylic acids is 1. The fraction of sp³-hybridized carbons (Fsp3) is 0.261. The van der Waals surface area contributed by atoms with Gasteiger partial charge in [-0.3, -0.25) is 4.98 Å². The summed E-state index contributed by atoms with van der Waals surface area (Å²) >= 11 is 0. The molecule has 0 saturated carbocycles. The molecule has 0 aliphatic heterocycles. The van der Waals surface area contributed by atoms with Crippen molar-refractivity contribution in [3.63, 3.8) is 0 Å². The van der Waals surface area contributed by atoms with Gasteiger partial charge in [0.05, 0.1) is 23.9 Å². The molecule has 0 bridgehead atoms. The molecule has 0 N–H and O–H groups in total. The van der Waals surface area contributed by atoms with Crippen LogP contribution in [-0.2, 0) is 21.3 Å². The topological polar surface area (TPSA) is 105 Å². The predicted molar refractivity (Wildman–Crippen MR) is 119 cm³/mol. The van der Waals surface area contributed by atoms with Gasteiger partial charge in [0.2, 0.25) is 0 Å². The number of nitrogens with zero attached hydrogens (tertiary/aromatic N) is 4. The third kappa shape index (κ3) is 5.38. The van der Waals surface area contributed by atoms with Gasteiger partial charge in [0.15, 0.2) is 0 Å². The summed E-state index contributed by atoms with van der Waals surface area (Å²) in [4.78, 5) is 17.4. The van der Waals surface area contributed by atoms with Gasteiger partial charge < -0.3 is 9.64 Å². The molecule has 2 aromatic heterocycles. The fourth-order valence-corrected chi connectivity index (χ4v) is 4.42. The minimum absolute atomic E-state index is 0.0109. The summed E-state index contributed by atoms with van der Waals surface area (Å²) in [5, 5.41) is 9.22. The Morgan fingerprint density at radius 1 is 1.27 bits per heavy atom. The van der Waals surface area contributed by atoms with Crippen LogP contribution in [0.15, 0.2) is 59.9 Å². The number of rotatable bonds is 5. The number of hydrogen-bond donors (Lipinski definition) is 0. The summed E-state index contributed by atoms with van der Waals surface area (Å²) in [6.07, 6.45) is 3.35.